The number of amides is 1. The molecule has 1 atom stereocenters. The molecule has 170 valence electrons. The number of rotatable bonds is 7. The van der Waals surface area contributed by atoms with Crippen molar-refractivity contribution in [3.05, 3.63) is 89.0 Å². The summed E-state index contributed by atoms with van der Waals surface area (Å²) < 4.78 is 11.1. The van der Waals surface area contributed by atoms with E-state index in [1.165, 1.54) is 12.5 Å². The van der Waals surface area contributed by atoms with Gasteiger partial charge < -0.3 is 14.8 Å². The standard InChI is InChI=1S/C27H28N2O4/c1-18(30)19-9-11-22(12-10-19)28-26(31)17-29-14-13-21-15-24(32-2)25(33-3)16-23(21)27(29)20-7-5-4-6-8-20/h4-12,15-16,27H,13-14,17H2,1-3H3,(H,28,31)/t27-/m1/s1. The Kier molecular flexibility index (Phi) is 6.75. The summed E-state index contributed by atoms with van der Waals surface area (Å²) in [6, 6.07) is 21.1. The maximum Gasteiger partial charge on any atom is 0.238 e. The molecule has 3 aromatic rings. The van der Waals surface area contributed by atoms with Crippen LogP contribution in [-0.2, 0) is 11.2 Å². The first-order valence-corrected chi connectivity index (χ1v) is 10.9. The zero-order valence-corrected chi connectivity index (χ0v) is 19.1. The summed E-state index contributed by atoms with van der Waals surface area (Å²) >= 11 is 0. The van der Waals surface area contributed by atoms with Crippen LogP contribution in [0.15, 0.2) is 66.7 Å². The van der Waals surface area contributed by atoms with E-state index < -0.39 is 0 Å². The van der Waals surface area contributed by atoms with E-state index in [4.69, 9.17) is 9.47 Å². The highest BCUT2D eigenvalue weighted by Crippen LogP contribution is 2.40. The molecule has 0 saturated heterocycles. The van der Waals surface area contributed by atoms with Gasteiger partial charge in [-0.2, -0.15) is 0 Å². The summed E-state index contributed by atoms with van der Waals surface area (Å²) in [5.74, 6) is 1.28. The van der Waals surface area contributed by atoms with E-state index in [-0.39, 0.29) is 24.3 Å². The SMILES string of the molecule is COc1cc2c(cc1OC)[C@@H](c1ccccc1)N(CC(=O)Nc1ccc(C(C)=O)cc1)CC2. The van der Waals surface area contributed by atoms with Crippen molar-refractivity contribution in [2.75, 3.05) is 32.6 Å². The normalized spacial score (nSPS) is 15.4. The molecule has 4 rings (SSSR count). The fourth-order valence-electron chi connectivity index (χ4n) is 4.37. The topological polar surface area (TPSA) is 67.9 Å². The number of methoxy groups -OCH3 is 2. The Labute approximate surface area is 194 Å². The third-order valence-corrected chi connectivity index (χ3v) is 6.01. The van der Waals surface area contributed by atoms with Gasteiger partial charge in [0.1, 0.15) is 0 Å². The van der Waals surface area contributed by atoms with Crippen molar-refractivity contribution in [2.24, 2.45) is 0 Å². The molecule has 0 unspecified atom stereocenters. The van der Waals surface area contributed by atoms with Gasteiger partial charge in [0.05, 0.1) is 26.8 Å². The number of carbonyl (C=O) groups excluding carboxylic acids is 2. The highest BCUT2D eigenvalue weighted by Gasteiger charge is 2.31. The van der Waals surface area contributed by atoms with E-state index in [1.807, 2.05) is 30.3 Å². The molecule has 0 fully saturated rings. The van der Waals surface area contributed by atoms with Gasteiger partial charge in [-0.25, -0.2) is 0 Å². The number of fused-ring (bicyclic) bond motifs is 1. The van der Waals surface area contributed by atoms with E-state index in [0.717, 1.165) is 24.1 Å². The molecule has 33 heavy (non-hydrogen) atoms. The Morgan fingerprint density at radius 3 is 2.27 bits per heavy atom. The van der Waals surface area contributed by atoms with Crippen LogP contribution in [0.25, 0.3) is 0 Å². The smallest absolute Gasteiger partial charge is 0.238 e. The maximum atomic E-state index is 12.9. The third kappa shape index (κ3) is 4.91. The molecule has 3 aromatic carbocycles. The Morgan fingerprint density at radius 2 is 1.64 bits per heavy atom. The van der Waals surface area contributed by atoms with Crippen LogP contribution in [0.1, 0.15) is 40.0 Å². The van der Waals surface area contributed by atoms with Crippen molar-refractivity contribution in [3.63, 3.8) is 0 Å². The summed E-state index contributed by atoms with van der Waals surface area (Å²) in [7, 11) is 3.27. The van der Waals surface area contributed by atoms with Crippen LogP contribution in [0.4, 0.5) is 5.69 Å². The van der Waals surface area contributed by atoms with E-state index in [1.54, 1.807) is 38.5 Å². The fraction of sp³-hybridized carbons (Fsp3) is 0.259. The van der Waals surface area contributed by atoms with Crippen LogP contribution in [0.5, 0.6) is 11.5 Å². The first-order valence-electron chi connectivity index (χ1n) is 10.9. The Bertz CT molecular complexity index is 1140. The largest absolute Gasteiger partial charge is 0.493 e. The number of benzene rings is 3. The molecule has 6 nitrogen and oxygen atoms in total. The molecule has 0 aromatic heterocycles. The number of carbonyl (C=O) groups is 2. The number of ether oxygens (including phenoxy) is 2. The predicted octanol–water partition coefficient (Wildman–Crippen LogP) is 4.49. The van der Waals surface area contributed by atoms with Crippen LogP contribution in [0.2, 0.25) is 0 Å². The van der Waals surface area contributed by atoms with Gasteiger partial charge in [-0.15, -0.1) is 0 Å². The molecule has 0 saturated carbocycles. The second kappa shape index (κ2) is 9.88. The number of anilines is 1. The number of Topliss-reactive ketones (excluding diaryl/α,β-unsaturated/α-hetero) is 1. The first kappa shape index (κ1) is 22.6. The van der Waals surface area contributed by atoms with Crippen molar-refractivity contribution in [2.45, 2.75) is 19.4 Å². The minimum atomic E-state index is -0.101. The van der Waals surface area contributed by atoms with E-state index in [0.29, 0.717) is 22.7 Å². The lowest BCUT2D eigenvalue weighted by Crippen LogP contribution is -2.41. The van der Waals surface area contributed by atoms with Gasteiger partial charge in [-0.3, -0.25) is 14.5 Å². The number of nitrogens with zero attached hydrogens (tertiary/aromatic N) is 1. The molecule has 1 N–H and O–H groups in total. The highest BCUT2D eigenvalue weighted by molar-refractivity contribution is 5.96. The summed E-state index contributed by atoms with van der Waals surface area (Å²) in [6.07, 6.45) is 0.805. The van der Waals surface area contributed by atoms with Crippen molar-refractivity contribution >= 4 is 17.4 Å². The van der Waals surface area contributed by atoms with Crippen molar-refractivity contribution in [1.29, 1.82) is 0 Å². The van der Waals surface area contributed by atoms with Crippen molar-refractivity contribution in [3.8, 4) is 11.5 Å². The van der Waals surface area contributed by atoms with Crippen molar-refractivity contribution < 1.29 is 19.1 Å². The fourth-order valence-corrected chi connectivity index (χ4v) is 4.37. The van der Waals surface area contributed by atoms with Gasteiger partial charge in [0.15, 0.2) is 17.3 Å². The predicted molar refractivity (Wildman–Crippen MR) is 128 cm³/mol. The molecule has 1 amide bonds. The zero-order valence-electron chi connectivity index (χ0n) is 19.1. The first-order chi connectivity index (χ1) is 16.0. The lowest BCUT2D eigenvalue weighted by Gasteiger charge is -2.37. The second-order valence-corrected chi connectivity index (χ2v) is 8.12. The number of ketones is 1. The molecule has 0 bridgehead atoms. The van der Waals surface area contributed by atoms with Gasteiger partial charge in [-0.05, 0) is 66.4 Å². The second-order valence-electron chi connectivity index (χ2n) is 8.12. The molecule has 1 aliphatic heterocycles. The molecule has 0 aliphatic carbocycles. The molecule has 0 spiro atoms. The molecule has 0 radical (unpaired) electrons. The number of hydrogen-bond donors (Lipinski definition) is 1. The quantitative estimate of drug-likeness (QED) is 0.544. The van der Waals surface area contributed by atoms with Gasteiger partial charge in [0, 0.05) is 17.8 Å². The minimum Gasteiger partial charge on any atom is -0.493 e. The molecular weight excluding hydrogens is 416 g/mol. The lowest BCUT2D eigenvalue weighted by atomic mass is 9.87. The van der Waals surface area contributed by atoms with Gasteiger partial charge in [-0.1, -0.05) is 30.3 Å². The van der Waals surface area contributed by atoms with Gasteiger partial charge in [0.25, 0.3) is 0 Å². The maximum absolute atomic E-state index is 12.9. The zero-order chi connectivity index (χ0) is 23.4. The number of nitrogens with one attached hydrogen (secondary N) is 1. The minimum absolute atomic E-state index is 0.00220. The Morgan fingerprint density at radius 1 is 0.970 bits per heavy atom. The summed E-state index contributed by atoms with van der Waals surface area (Å²) in [6.45, 7) is 2.50. The van der Waals surface area contributed by atoms with E-state index >= 15 is 0 Å². The van der Waals surface area contributed by atoms with Crippen LogP contribution in [-0.4, -0.2) is 43.9 Å². The van der Waals surface area contributed by atoms with Crippen LogP contribution in [0.3, 0.4) is 0 Å². The van der Waals surface area contributed by atoms with Crippen LogP contribution >= 0.6 is 0 Å². The van der Waals surface area contributed by atoms with Crippen LogP contribution in [0, 0.1) is 0 Å². The monoisotopic (exact) mass is 444 g/mol. The number of hydrogen-bond acceptors (Lipinski definition) is 5. The Balaban J connectivity index is 1.61. The molecular formula is C27H28N2O4. The third-order valence-electron chi connectivity index (χ3n) is 6.01. The lowest BCUT2D eigenvalue weighted by molar-refractivity contribution is -0.117. The van der Waals surface area contributed by atoms with E-state index in [9.17, 15) is 9.59 Å². The van der Waals surface area contributed by atoms with Crippen molar-refractivity contribution in [1.82, 2.24) is 4.90 Å². The molecule has 1 aliphatic rings. The Hall–Kier alpha value is -3.64. The molecule has 1 heterocycles. The van der Waals surface area contributed by atoms with Gasteiger partial charge in [0.2, 0.25) is 5.91 Å². The summed E-state index contributed by atoms with van der Waals surface area (Å²) in [5, 5.41) is 2.96. The van der Waals surface area contributed by atoms with E-state index in [2.05, 4.69) is 22.3 Å². The van der Waals surface area contributed by atoms with Gasteiger partial charge >= 0.3 is 0 Å². The summed E-state index contributed by atoms with van der Waals surface area (Å²) in [4.78, 5) is 26.6. The highest BCUT2D eigenvalue weighted by atomic mass is 16.5. The average molecular weight is 445 g/mol. The summed E-state index contributed by atoms with van der Waals surface area (Å²) in [5.41, 5.74) is 4.71. The molecule has 6 heteroatoms. The van der Waals surface area contributed by atoms with Crippen LogP contribution < -0.4 is 14.8 Å². The average Bonchev–Trinajstić information content (AvgIpc) is 2.83.